The Morgan fingerprint density at radius 1 is 1.11 bits per heavy atom. The van der Waals surface area contributed by atoms with Gasteiger partial charge in [0.15, 0.2) is 6.10 Å². The number of amides is 1. The molecule has 2 aromatic carbocycles. The molecule has 0 aliphatic rings. The average molecular weight is 409 g/mol. The van der Waals surface area contributed by atoms with Crippen LogP contribution in [0.25, 0.3) is 0 Å². The molecule has 0 aliphatic heterocycles. The zero-order valence-corrected chi connectivity index (χ0v) is 16.0. The number of non-ortho nitro benzene ring substituents is 1. The third-order valence-corrected chi connectivity index (χ3v) is 3.92. The van der Waals surface area contributed by atoms with Gasteiger partial charge in [0.05, 0.1) is 24.8 Å². The monoisotopic (exact) mass is 408 g/mol. The normalized spacial score (nSPS) is 11.3. The van der Waals surface area contributed by atoms with Gasteiger partial charge >= 0.3 is 5.97 Å². The Morgan fingerprint density at radius 3 is 2.36 bits per heavy atom. The fraction of sp³-hybridized carbons (Fsp3) is 0.222. The van der Waals surface area contributed by atoms with Crippen molar-refractivity contribution in [1.82, 2.24) is 0 Å². The number of ether oxygens (including phenoxy) is 3. The highest BCUT2D eigenvalue weighted by Crippen LogP contribution is 2.28. The number of nitrogens with one attached hydrogen (secondary N) is 1. The van der Waals surface area contributed by atoms with E-state index in [2.05, 4.69) is 5.32 Å². The number of anilines is 1. The molecule has 0 aliphatic carbocycles. The topological polar surface area (TPSA) is 117 Å². The minimum atomic E-state index is -1.21. The van der Waals surface area contributed by atoms with Gasteiger partial charge in [0.25, 0.3) is 11.6 Å². The molecule has 1 N–H and O–H groups in total. The minimum absolute atomic E-state index is 0.0831. The molecule has 28 heavy (non-hydrogen) atoms. The van der Waals surface area contributed by atoms with Crippen LogP contribution in [0.5, 0.6) is 11.5 Å². The van der Waals surface area contributed by atoms with Gasteiger partial charge in [0.1, 0.15) is 17.1 Å². The first kappa shape index (κ1) is 21.0. The van der Waals surface area contributed by atoms with Crippen LogP contribution in [0.1, 0.15) is 17.3 Å². The Morgan fingerprint density at radius 2 is 1.75 bits per heavy atom. The van der Waals surface area contributed by atoms with E-state index in [4.69, 9.17) is 25.8 Å². The summed E-state index contributed by atoms with van der Waals surface area (Å²) in [6.45, 7) is 1.36. The van der Waals surface area contributed by atoms with Crippen molar-refractivity contribution in [2.24, 2.45) is 0 Å². The van der Waals surface area contributed by atoms with Crippen molar-refractivity contribution in [1.29, 1.82) is 0 Å². The van der Waals surface area contributed by atoms with Crippen molar-refractivity contribution in [3.8, 4) is 11.5 Å². The fourth-order valence-electron chi connectivity index (χ4n) is 2.26. The van der Waals surface area contributed by atoms with Crippen LogP contribution >= 0.6 is 11.6 Å². The summed E-state index contributed by atoms with van der Waals surface area (Å²) in [4.78, 5) is 35.0. The molecule has 10 heteroatoms. The third kappa shape index (κ3) is 4.89. The molecule has 0 heterocycles. The van der Waals surface area contributed by atoms with Gasteiger partial charge in [-0.1, -0.05) is 11.6 Å². The van der Waals surface area contributed by atoms with E-state index in [1.807, 2.05) is 0 Å². The number of nitro benzene ring substituents is 1. The first-order valence-corrected chi connectivity index (χ1v) is 8.32. The summed E-state index contributed by atoms with van der Waals surface area (Å²) in [5.74, 6) is -1.13. The highest BCUT2D eigenvalue weighted by atomic mass is 35.5. The smallest absolute Gasteiger partial charge is 0.342 e. The SMILES string of the molecule is COc1ccc(Cl)cc1NC(=O)[C@H](C)OC(=O)c1cc([N+](=O)[O-])ccc1OC. The molecule has 0 aromatic heterocycles. The molecule has 148 valence electrons. The van der Waals surface area contributed by atoms with Crippen LogP contribution in [0.3, 0.4) is 0 Å². The number of halogens is 1. The molecular formula is C18H17ClN2O7. The summed E-state index contributed by atoms with van der Waals surface area (Å²) in [6, 6.07) is 8.13. The van der Waals surface area contributed by atoms with Gasteiger partial charge in [-0.05, 0) is 31.2 Å². The maximum Gasteiger partial charge on any atom is 0.342 e. The second-order valence-corrected chi connectivity index (χ2v) is 5.96. The number of nitro groups is 1. The number of carbonyl (C=O) groups is 2. The van der Waals surface area contributed by atoms with Crippen LogP contribution in [0.4, 0.5) is 11.4 Å². The third-order valence-electron chi connectivity index (χ3n) is 3.69. The minimum Gasteiger partial charge on any atom is -0.496 e. The highest BCUT2D eigenvalue weighted by molar-refractivity contribution is 6.31. The molecule has 0 fully saturated rings. The number of hydrogen-bond donors (Lipinski definition) is 1. The summed E-state index contributed by atoms with van der Waals surface area (Å²) in [5, 5.41) is 13.9. The Hall–Kier alpha value is -3.33. The highest BCUT2D eigenvalue weighted by Gasteiger charge is 2.24. The molecule has 0 saturated heterocycles. The zero-order valence-electron chi connectivity index (χ0n) is 15.2. The second-order valence-electron chi connectivity index (χ2n) is 5.52. The quantitative estimate of drug-likeness (QED) is 0.423. The van der Waals surface area contributed by atoms with Crippen molar-refractivity contribution < 1.29 is 28.7 Å². The summed E-state index contributed by atoms with van der Waals surface area (Å²) in [6.07, 6.45) is -1.21. The van der Waals surface area contributed by atoms with Gasteiger partial charge in [-0.3, -0.25) is 14.9 Å². The van der Waals surface area contributed by atoms with Crippen LogP contribution in [0.15, 0.2) is 36.4 Å². The molecule has 0 radical (unpaired) electrons. The van der Waals surface area contributed by atoms with E-state index in [0.29, 0.717) is 16.5 Å². The van der Waals surface area contributed by atoms with Crippen LogP contribution < -0.4 is 14.8 Å². The van der Waals surface area contributed by atoms with Crippen LogP contribution in [0, 0.1) is 10.1 Å². The van der Waals surface area contributed by atoms with E-state index in [1.54, 1.807) is 12.1 Å². The van der Waals surface area contributed by atoms with E-state index in [9.17, 15) is 19.7 Å². The van der Waals surface area contributed by atoms with E-state index >= 15 is 0 Å². The van der Waals surface area contributed by atoms with Gasteiger partial charge < -0.3 is 19.5 Å². The number of methoxy groups -OCH3 is 2. The fourth-order valence-corrected chi connectivity index (χ4v) is 2.43. The van der Waals surface area contributed by atoms with Crippen molar-refractivity contribution in [2.45, 2.75) is 13.0 Å². The first-order valence-electron chi connectivity index (χ1n) is 7.94. The van der Waals surface area contributed by atoms with Gasteiger partial charge in [-0.25, -0.2) is 4.79 Å². The van der Waals surface area contributed by atoms with E-state index in [0.717, 1.165) is 6.07 Å². The lowest BCUT2D eigenvalue weighted by molar-refractivity contribution is -0.384. The standard InChI is InChI=1S/C18H17ClN2O7/c1-10(17(22)20-14-8-11(19)4-6-16(14)27-3)28-18(23)13-9-12(21(24)25)5-7-15(13)26-2/h4-10H,1-3H3,(H,20,22)/t10-/m0/s1. The van der Waals surface area contributed by atoms with Crippen molar-refractivity contribution >= 4 is 34.9 Å². The first-order chi connectivity index (χ1) is 13.3. The Kier molecular flexibility index (Phi) is 6.78. The van der Waals surface area contributed by atoms with Crippen LogP contribution in [-0.2, 0) is 9.53 Å². The van der Waals surface area contributed by atoms with Gasteiger partial charge in [0, 0.05) is 17.2 Å². The Balaban J connectivity index is 2.16. The van der Waals surface area contributed by atoms with Gasteiger partial charge in [-0.15, -0.1) is 0 Å². The van der Waals surface area contributed by atoms with Crippen molar-refractivity contribution in [3.05, 3.63) is 57.1 Å². The molecule has 2 aromatic rings. The Labute approximate surface area is 165 Å². The summed E-state index contributed by atoms with van der Waals surface area (Å²) >= 11 is 5.91. The average Bonchev–Trinajstić information content (AvgIpc) is 2.67. The lowest BCUT2D eigenvalue weighted by atomic mass is 10.1. The Bertz CT molecular complexity index is 917. The number of carbonyl (C=O) groups excluding carboxylic acids is 2. The molecule has 0 unspecified atom stereocenters. The van der Waals surface area contributed by atoms with E-state index in [1.165, 1.54) is 39.3 Å². The summed E-state index contributed by atoms with van der Waals surface area (Å²) in [7, 11) is 2.73. The molecule has 1 amide bonds. The number of rotatable bonds is 7. The lowest BCUT2D eigenvalue weighted by Gasteiger charge is -2.16. The number of nitrogens with zero attached hydrogens (tertiary/aromatic N) is 1. The number of benzene rings is 2. The van der Waals surface area contributed by atoms with Gasteiger partial charge in [0.2, 0.25) is 0 Å². The second kappa shape index (κ2) is 9.05. The summed E-state index contributed by atoms with van der Waals surface area (Å²) < 4.78 is 15.3. The van der Waals surface area contributed by atoms with Crippen molar-refractivity contribution in [3.63, 3.8) is 0 Å². The zero-order chi connectivity index (χ0) is 20.8. The maximum absolute atomic E-state index is 12.4. The van der Waals surface area contributed by atoms with E-state index in [-0.39, 0.29) is 17.0 Å². The molecule has 1 atom stereocenters. The van der Waals surface area contributed by atoms with Crippen LogP contribution in [0.2, 0.25) is 5.02 Å². The maximum atomic E-state index is 12.4. The summed E-state index contributed by atoms with van der Waals surface area (Å²) in [5.41, 5.74) is -0.180. The largest absolute Gasteiger partial charge is 0.496 e. The lowest BCUT2D eigenvalue weighted by Crippen LogP contribution is -2.30. The molecule has 2 rings (SSSR count). The van der Waals surface area contributed by atoms with E-state index < -0.39 is 22.9 Å². The van der Waals surface area contributed by atoms with Gasteiger partial charge in [-0.2, -0.15) is 0 Å². The number of esters is 1. The van der Waals surface area contributed by atoms with Crippen LogP contribution in [-0.4, -0.2) is 37.1 Å². The predicted molar refractivity (Wildman–Crippen MR) is 101 cm³/mol. The predicted octanol–water partition coefficient (Wildman–Crippen LogP) is 3.45. The molecule has 0 spiro atoms. The van der Waals surface area contributed by atoms with Crippen molar-refractivity contribution in [2.75, 3.05) is 19.5 Å². The number of hydrogen-bond acceptors (Lipinski definition) is 7. The molecule has 9 nitrogen and oxygen atoms in total. The molecular weight excluding hydrogens is 392 g/mol. The molecule has 0 saturated carbocycles. The molecule has 0 bridgehead atoms.